The summed E-state index contributed by atoms with van der Waals surface area (Å²) in [6, 6.07) is 8.76. The van der Waals surface area contributed by atoms with Crippen molar-refractivity contribution in [3.05, 3.63) is 54.2 Å². The number of aromatic nitrogens is 2. The first kappa shape index (κ1) is 18.4. The van der Waals surface area contributed by atoms with Gasteiger partial charge < -0.3 is 15.6 Å². The van der Waals surface area contributed by atoms with Crippen LogP contribution in [-0.2, 0) is 5.41 Å². The Morgan fingerprint density at radius 2 is 1.93 bits per heavy atom. The molecule has 0 aliphatic heterocycles. The van der Waals surface area contributed by atoms with Crippen LogP contribution in [0.4, 0.5) is 26.5 Å². The number of nitrogens with two attached hydrogens (primary N) is 1. The average molecular weight is 369 g/mol. The molecule has 0 saturated carbocycles. The van der Waals surface area contributed by atoms with E-state index in [1.807, 2.05) is 20.8 Å². The summed E-state index contributed by atoms with van der Waals surface area (Å²) in [4.78, 5) is 16.0. The number of anilines is 3. The van der Waals surface area contributed by atoms with Crippen molar-refractivity contribution in [2.45, 2.75) is 26.2 Å². The van der Waals surface area contributed by atoms with Gasteiger partial charge in [-0.1, -0.05) is 25.9 Å². The molecule has 7 nitrogen and oxygen atoms in total. The van der Waals surface area contributed by atoms with E-state index in [0.29, 0.717) is 28.4 Å². The molecule has 1 aromatic carbocycles. The van der Waals surface area contributed by atoms with Gasteiger partial charge in [0.2, 0.25) is 0 Å². The fourth-order valence-corrected chi connectivity index (χ4v) is 2.36. The molecule has 2 aromatic heterocycles. The summed E-state index contributed by atoms with van der Waals surface area (Å²) in [5, 5.41) is 8.92. The molecule has 3 aromatic rings. The zero-order valence-electron chi connectivity index (χ0n) is 15.2. The van der Waals surface area contributed by atoms with Crippen LogP contribution in [-0.4, -0.2) is 16.2 Å². The highest BCUT2D eigenvalue weighted by atomic mass is 19.1. The van der Waals surface area contributed by atoms with Crippen molar-refractivity contribution in [3.8, 4) is 11.1 Å². The summed E-state index contributed by atoms with van der Waals surface area (Å²) >= 11 is 0. The lowest BCUT2D eigenvalue weighted by molar-refractivity contribution is 0.262. The Labute approximate surface area is 155 Å². The molecule has 8 heteroatoms. The standard InChI is InChI=1S/C19H20FN5O2/c1-19(2,3)15-9-17(25-27-15)24-18(26)23-12-5-6-13(14(20)8-12)11-4-7-16(21)22-10-11/h4-10H,1-3H3,(H2,21,22)(H2,23,24,25,26). The number of halogens is 1. The van der Waals surface area contributed by atoms with Gasteiger partial charge in [-0.3, -0.25) is 5.32 Å². The molecule has 0 radical (unpaired) electrons. The summed E-state index contributed by atoms with van der Waals surface area (Å²) < 4.78 is 19.6. The van der Waals surface area contributed by atoms with E-state index in [9.17, 15) is 9.18 Å². The van der Waals surface area contributed by atoms with Gasteiger partial charge in [-0.05, 0) is 30.3 Å². The van der Waals surface area contributed by atoms with Gasteiger partial charge in [0.05, 0.1) is 0 Å². The van der Waals surface area contributed by atoms with E-state index >= 15 is 0 Å². The Hall–Kier alpha value is -3.42. The third-order valence-electron chi connectivity index (χ3n) is 3.82. The second kappa shape index (κ2) is 7.06. The second-order valence-corrected chi connectivity index (χ2v) is 7.07. The highest BCUT2D eigenvalue weighted by molar-refractivity contribution is 5.99. The molecule has 0 aliphatic rings. The first-order valence-corrected chi connectivity index (χ1v) is 8.29. The summed E-state index contributed by atoms with van der Waals surface area (Å²) in [5.41, 5.74) is 6.57. The maximum Gasteiger partial charge on any atom is 0.324 e. The Kier molecular flexibility index (Phi) is 4.81. The van der Waals surface area contributed by atoms with E-state index in [1.165, 1.54) is 12.3 Å². The third kappa shape index (κ3) is 4.41. The van der Waals surface area contributed by atoms with E-state index in [0.717, 1.165) is 0 Å². The number of carbonyl (C=O) groups is 1. The second-order valence-electron chi connectivity index (χ2n) is 7.07. The Morgan fingerprint density at radius 1 is 1.15 bits per heavy atom. The zero-order valence-corrected chi connectivity index (χ0v) is 15.2. The molecule has 0 unspecified atom stereocenters. The van der Waals surface area contributed by atoms with Crippen LogP contribution in [0.2, 0.25) is 0 Å². The van der Waals surface area contributed by atoms with Crippen molar-refractivity contribution in [1.82, 2.24) is 10.1 Å². The predicted octanol–water partition coefficient (Wildman–Crippen LogP) is 4.40. The molecule has 2 amide bonds. The van der Waals surface area contributed by atoms with Crippen LogP contribution in [0.3, 0.4) is 0 Å². The molecular formula is C19H20FN5O2. The lowest BCUT2D eigenvalue weighted by atomic mass is 9.93. The van der Waals surface area contributed by atoms with Crippen molar-refractivity contribution in [3.63, 3.8) is 0 Å². The van der Waals surface area contributed by atoms with Gasteiger partial charge in [-0.2, -0.15) is 0 Å². The summed E-state index contributed by atoms with van der Waals surface area (Å²) in [6.07, 6.45) is 1.49. The van der Waals surface area contributed by atoms with E-state index < -0.39 is 11.8 Å². The number of benzene rings is 1. The number of hydrogen-bond acceptors (Lipinski definition) is 5. The molecule has 140 valence electrons. The predicted molar refractivity (Wildman–Crippen MR) is 102 cm³/mol. The molecular weight excluding hydrogens is 349 g/mol. The zero-order chi connectivity index (χ0) is 19.6. The van der Waals surface area contributed by atoms with Crippen molar-refractivity contribution >= 4 is 23.4 Å². The van der Waals surface area contributed by atoms with Gasteiger partial charge >= 0.3 is 6.03 Å². The van der Waals surface area contributed by atoms with Crippen LogP contribution in [0, 0.1) is 5.82 Å². The van der Waals surface area contributed by atoms with Crippen LogP contribution in [0.5, 0.6) is 0 Å². The Morgan fingerprint density at radius 3 is 2.52 bits per heavy atom. The number of rotatable bonds is 3. The smallest absolute Gasteiger partial charge is 0.324 e. The van der Waals surface area contributed by atoms with Crippen molar-refractivity contribution < 1.29 is 13.7 Å². The minimum Gasteiger partial charge on any atom is -0.384 e. The Bertz CT molecular complexity index is 961. The average Bonchev–Trinajstić information content (AvgIpc) is 3.05. The largest absolute Gasteiger partial charge is 0.384 e. The SMILES string of the molecule is CC(C)(C)c1cc(NC(=O)Nc2ccc(-c3ccc(N)nc3)c(F)c2)no1. The number of pyridine rings is 1. The van der Waals surface area contributed by atoms with Crippen LogP contribution in [0.25, 0.3) is 11.1 Å². The van der Waals surface area contributed by atoms with E-state index in [-0.39, 0.29) is 11.2 Å². The number of urea groups is 1. The molecule has 3 rings (SSSR count). The lowest BCUT2D eigenvalue weighted by Gasteiger charge is -2.12. The number of nitrogen functional groups attached to an aromatic ring is 1. The van der Waals surface area contributed by atoms with Crippen molar-refractivity contribution in [2.75, 3.05) is 16.4 Å². The number of hydrogen-bond donors (Lipinski definition) is 3. The topological polar surface area (TPSA) is 106 Å². The molecule has 0 aliphatic carbocycles. The first-order chi connectivity index (χ1) is 12.7. The molecule has 4 N–H and O–H groups in total. The summed E-state index contributed by atoms with van der Waals surface area (Å²) in [5.74, 6) is 0.792. The summed E-state index contributed by atoms with van der Waals surface area (Å²) in [6.45, 7) is 5.91. The van der Waals surface area contributed by atoms with Crippen LogP contribution in [0.1, 0.15) is 26.5 Å². The fourth-order valence-electron chi connectivity index (χ4n) is 2.36. The van der Waals surface area contributed by atoms with Gasteiger partial charge in [0.1, 0.15) is 17.4 Å². The molecule has 27 heavy (non-hydrogen) atoms. The fraction of sp³-hybridized carbons (Fsp3) is 0.211. The van der Waals surface area contributed by atoms with Crippen molar-refractivity contribution in [1.29, 1.82) is 0 Å². The minimum absolute atomic E-state index is 0.223. The van der Waals surface area contributed by atoms with E-state index in [1.54, 1.807) is 30.3 Å². The van der Waals surface area contributed by atoms with Gasteiger partial charge in [-0.15, -0.1) is 0 Å². The lowest BCUT2D eigenvalue weighted by Crippen LogP contribution is -2.19. The number of nitrogens with zero attached hydrogens (tertiary/aromatic N) is 2. The normalized spacial score (nSPS) is 11.3. The van der Waals surface area contributed by atoms with E-state index in [2.05, 4.69) is 20.8 Å². The van der Waals surface area contributed by atoms with Crippen LogP contribution in [0.15, 0.2) is 47.1 Å². The molecule has 0 saturated heterocycles. The maximum atomic E-state index is 14.4. The summed E-state index contributed by atoms with van der Waals surface area (Å²) in [7, 11) is 0. The number of nitrogens with one attached hydrogen (secondary N) is 2. The van der Waals surface area contributed by atoms with Gasteiger partial charge in [0, 0.05) is 34.5 Å². The van der Waals surface area contributed by atoms with Crippen LogP contribution < -0.4 is 16.4 Å². The number of amides is 2. The monoisotopic (exact) mass is 369 g/mol. The molecule has 0 spiro atoms. The number of carbonyl (C=O) groups excluding carboxylic acids is 1. The highest BCUT2D eigenvalue weighted by Gasteiger charge is 2.20. The first-order valence-electron chi connectivity index (χ1n) is 8.29. The van der Waals surface area contributed by atoms with E-state index in [4.69, 9.17) is 10.3 Å². The highest BCUT2D eigenvalue weighted by Crippen LogP contribution is 2.26. The van der Waals surface area contributed by atoms with Crippen LogP contribution >= 0.6 is 0 Å². The minimum atomic E-state index is -0.551. The maximum absolute atomic E-state index is 14.4. The third-order valence-corrected chi connectivity index (χ3v) is 3.82. The molecule has 0 fully saturated rings. The van der Waals surface area contributed by atoms with Gasteiger partial charge in [0.15, 0.2) is 5.82 Å². The van der Waals surface area contributed by atoms with Gasteiger partial charge in [-0.25, -0.2) is 14.2 Å². The Balaban J connectivity index is 1.68. The van der Waals surface area contributed by atoms with Crippen molar-refractivity contribution in [2.24, 2.45) is 0 Å². The molecule has 0 atom stereocenters. The quantitative estimate of drug-likeness (QED) is 0.634. The molecule has 0 bridgehead atoms. The molecule has 2 heterocycles. The van der Waals surface area contributed by atoms with Gasteiger partial charge in [0.25, 0.3) is 0 Å².